The number of sulfonamides is 1. The summed E-state index contributed by atoms with van der Waals surface area (Å²) >= 11 is 4.53. The molecule has 0 aliphatic rings. The second-order valence-electron chi connectivity index (χ2n) is 3.47. The highest BCUT2D eigenvalue weighted by molar-refractivity contribution is 9.10. The summed E-state index contributed by atoms with van der Waals surface area (Å²) in [5.74, 6) is -0.592. The predicted molar refractivity (Wildman–Crippen MR) is 72.3 cm³/mol. The summed E-state index contributed by atoms with van der Waals surface area (Å²) in [7, 11) is -3.63. The van der Waals surface area contributed by atoms with Gasteiger partial charge in [-0.05, 0) is 40.4 Å². The minimum Gasteiger partial charge on any atom is -0.210 e. The maximum atomic E-state index is 13.2. The molecule has 0 radical (unpaired) electrons. The van der Waals surface area contributed by atoms with E-state index in [1.807, 2.05) is 13.2 Å². The molecule has 0 aliphatic heterocycles. The fourth-order valence-electron chi connectivity index (χ4n) is 1.04. The first-order chi connectivity index (χ1) is 7.86. The number of hydrogen-bond acceptors (Lipinski definition) is 3. The van der Waals surface area contributed by atoms with Gasteiger partial charge in [0.15, 0.2) is 0 Å². The van der Waals surface area contributed by atoms with Crippen molar-refractivity contribution in [2.24, 2.45) is 0 Å². The fraction of sp³-hybridized carbons (Fsp3) is 0.400. The van der Waals surface area contributed by atoms with Crippen molar-refractivity contribution in [3.63, 3.8) is 0 Å². The molecule has 0 aromatic heterocycles. The molecule has 0 aliphatic carbocycles. The van der Waals surface area contributed by atoms with Gasteiger partial charge in [0, 0.05) is 11.8 Å². The van der Waals surface area contributed by atoms with Crippen molar-refractivity contribution in [1.82, 2.24) is 4.72 Å². The first-order valence-electron chi connectivity index (χ1n) is 4.84. The summed E-state index contributed by atoms with van der Waals surface area (Å²) in [5.41, 5.74) is 0. The van der Waals surface area contributed by atoms with Gasteiger partial charge in [0.2, 0.25) is 10.0 Å². The summed E-state index contributed by atoms with van der Waals surface area (Å²) in [4.78, 5) is -0.0634. The Morgan fingerprint density at radius 3 is 2.71 bits per heavy atom. The molecule has 1 N–H and O–H groups in total. The topological polar surface area (TPSA) is 46.2 Å². The minimum atomic E-state index is -3.63. The lowest BCUT2D eigenvalue weighted by Gasteiger charge is -2.10. The van der Waals surface area contributed by atoms with E-state index in [9.17, 15) is 12.8 Å². The Balaban J connectivity index is 2.86. The Bertz CT molecular complexity index is 493. The zero-order chi connectivity index (χ0) is 13.1. The molecule has 96 valence electrons. The molecule has 1 rings (SSSR count). The molecule has 0 bridgehead atoms. The average Bonchev–Trinajstić information content (AvgIpc) is 2.29. The number of hydrogen-bond donors (Lipinski definition) is 1. The van der Waals surface area contributed by atoms with Gasteiger partial charge in [0.25, 0.3) is 0 Å². The van der Waals surface area contributed by atoms with Crippen molar-refractivity contribution in [3.05, 3.63) is 28.5 Å². The second kappa shape index (κ2) is 6.17. The molecule has 0 saturated heterocycles. The van der Waals surface area contributed by atoms with Crippen molar-refractivity contribution in [1.29, 1.82) is 0 Å². The lowest BCUT2D eigenvalue weighted by Crippen LogP contribution is -2.29. The third-order valence-electron chi connectivity index (χ3n) is 2.16. The van der Waals surface area contributed by atoms with E-state index in [2.05, 4.69) is 20.7 Å². The maximum Gasteiger partial charge on any atom is 0.240 e. The Morgan fingerprint density at radius 1 is 1.53 bits per heavy atom. The number of nitrogens with one attached hydrogen (secondary N) is 1. The van der Waals surface area contributed by atoms with Crippen LogP contribution in [0.2, 0.25) is 0 Å². The molecule has 0 saturated carbocycles. The molecule has 0 amide bonds. The first kappa shape index (κ1) is 14.9. The molecule has 0 fully saturated rings. The van der Waals surface area contributed by atoms with E-state index in [1.54, 1.807) is 11.8 Å². The number of thioether (sulfide) groups is 1. The molecule has 1 aromatic rings. The van der Waals surface area contributed by atoms with Crippen LogP contribution in [0.3, 0.4) is 0 Å². The number of benzene rings is 1. The largest absolute Gasteiger partial charge is 0.240 e. The molecule has 1 aromatic carbocycles. The van der Waals surface area contributed by atoms with Crippen LogP contribution in [0.4, 0.5) is 4.39 Å². The summed E-state index contributed by atoms with van der Waals surface area (Å²) in [6, 6.07) is 3.73. The molecule has 0 spiro atoms. The lowest BCUT2D eigenvalue weighted by molar-refractivity contribution is 0.577. The van der Waals surface area contributed by atoms with Gasteiger partial charge in [0.1, 0.15) is 5.82 Å². The van der Waals surface area contributed by atoms with Crippen LogP contribution < -0.4 is 4.72 Å². The van der Waals surface area contributed by atoms with Gasteiger partial charge < -0.3 is 0 Å². The summed E-state index contributed by atoms with van der Waals surface area (Å²) in [6.45, 7) is 2.23. The smallest absolute Gasteiger partial charge is 0.210 e. The monoisotopic (exact) mass is 341 g/mol. The van der Waals surface area contributed by atoms with Gasteiger partial charge in [-0.3, -0.25) is 0 Å². The molecule has 3 nitrogen and oxygen atoms in total. The van der Waals surface area contributed by atoms with Crippen molar-refractivity contribution in [2.75, 3.05) is 12.8 Å². The Kier molecular flexibility index (Phi) is 5.43. The SMILES string of the molecule is CSC(C)CNS(=O)(=O)c1ccc(Br)c(F)c1. The van der Waals surface area contributed by atoms with Crippen LogP contribution in [-0.2, 0) is 10.0 Å². The fourth-order valence-corrected chi connectivity index (χ4v) is 2.78. The lowest BCUT2D eigenvalue weighted by atomic mass is 10.3. The highest BCUT2D eigenvalue weighted by Crippen LogP contribution is 2.19. The predicted octanol–water partition coefficient (Wildman–Crippen LogP) is 2.62. The zero-order valence-electron chi connectivity index (χ0n) is 9.41. The number of halogens is 2. The van der Waals surface area contributed by atoms with Crippen molar-refractivity contribution in [2.45, 2.75) is 17.1 Å². The van der Waals surface area contributed by atoms with Gasteiger partial charge in [-0.1, -0.05) is 6.92 Å². The highest BCUT2D eigenvalue weighted by atomic mass is 79.9. The quantitative estimate of drug-likeness (QED) is 0.895. The third-order valence-corrected chi connectivity index (χ3v) is 5.20. The second-order valence-corrected chi connectivity index (χ2v) is 7.37. The van der Waals surface area contributed by atoms with Crippen LogP contribution >= 0.6 is 27.7 Å². The van der Waals surface area contributed by atoms with E-state index >= 15 is 0 Å². The van der Waals surface area contributed by atoms with Gasteiger partial charge in [-0.25, -0.2) is 17.5 Å². The molecular formula is C10H13BrFNO2S2. The van der Waals surface area contributed by atoms with Crippen molar-refractivity contribution >= 4 is 37.7 Å². The van der Waals surface area contributed by atoms with Crippen LogP contribution in [0, 0.1) is 5.82 Å². The molecule has 1 atom stereocenters. The van der Waals surface area contributed by atoms with Gasteiger partial charge in [-0.2, -0.15) is 11.8 Å². The maximum absolute atomic E-state index is 13.2. The Morgan fingerprint density at radius 2 is 2.18 bits per heavy atom. The van der Waals surface area contributed by atoms with Crippen LogP contribution in [0.15, 0.2) is 27.6 Å². The van der Waals surface area contributed by atoms with E-state index in [4.69, 9.17) is 0 Å². The van der Waals surface area contributed by atoms with Crippen LogP contribution in [0.5, 0.6) is 0 Å². The average molecular weight is 342 g/mol. The Labute approximate surface area is 113 Å². The van der Waals surface area contributed by atoms with Crippen LogP contribution in [0.1, 0.15) is 6.92 Å². The minimum absolute atomic E-state index is 0.0634. The van der Waals surface area contributed by atoms with E-state index in [-0.39, 0.29) is 14.6 Å². The van der Waals surface area contributed by atoms with Gasteiger partial charge >= 0.3 is 0 Å². The molecular weight excluding hydrogens is 329 g/mol. The normalized spacial score (nSPS) is 13.6. The van der Waals surface area contributed by atoms with Gasteiger partial charge in [-0.15, -0.1) is 0 Å². The Hall–Kier alpha value is -0.110. The molecule has 17 heavy (non-hydrogen) atoms. The first-order valence-corrected chi connectivity index (χ1v) is 8.40. The van der Waals surface area contributed by atoms with E-state index in [0.29, 0.717) is 6.54 Å². The van der Waals surface area contributed by atoms with E-state index < -0.39 is 15.8 Å². The molecule has 7 heteroatoms. The summed E-state index contributed by atoms with van der Waals surface area (Å²) < 4.78 is 39.5. The van der Waals surface area contributed by atoms with E-state index in [0.717, 1.165) is 6.07 Å². The zero-order valence-corrected chi connectivity index (χ0v) is 12.6. The molecule has 0 heterocycles. The number of rotatable bonds is 5. The van der Waals surface area contributed by atoms with Gasteiger partial charge in [0.05, 0.1) is 9.37 Å². The van der Waals surface area contributed by atoms with Crippen LogP contribution in [-0.4, -0.2) is 26.5 Å². The van der Waals surface area contributed by atoms with Crippen molar-refractivity contribution < 1.29 is 12.8 Å². The summed E-state index contributed by atoms with van der Waals surface area (Å²) in [5, 5.41) is 0.171. The van der Waals surface area contributed by atoms with Crippen LogP contribution in [0.25, 0.3) is 0 Å². The third kappa shape index (κ3) is 4.24. The molecule has 1 unspecified atom stereocenters. The van der Waals surface area contributed by atoms with E-state index in [1.165, 1.54) is 12.1 Å². The summed E-state index contributed by atoms with van der Waals surface area (Å²) in [6.07, 6.45) is 1.90. The highest BCUT2D eigenvalue weighted by Gasteiger charge is 2.16. The standard InChI is InChI=1S/C10H13BrFNO2S2/c1-7(16-2)6-13-17(14,15)8-3-4-9(11)10(12)5-8/h3-5,7,13H,6H2,1-2H3. The van der Waals surface area contributed by atoms with Crippen molar-refractivity contribution in [3.8, 4) is 0 Å².